The van der Waals surface area contributed by atoms with Crippen molar-refractivity contribution in [1.29, 1.82) is 5.26 Å². The van der Waals surface area contributed by atoms with E-state index < -0.39 is 6.03 Å². The Morgan fingerprint density at radius 3 is 2.32 bits per heavy atom. The van der Waals surface area contributed by atoms with Gasteiger partial charge in [-0.1, -0.05) is 30.3 Å². The summed E-state index contributed by atoms with van der Waals surface area (Å²) in [6.45, 7) is 1.95. The highest BCUT2D eigenvalue weighted by Gasteiger charge is 2.19. The first-order valence-corrected chi connectivity index (χ1v) is 11.7. The molecule has 0 radical (unpaired) electrons. The van der Waals surface area contributed by atoms with Crippen LogP contribution in [0.5, 0.6) is 5.75 Å². The van der Waals surface area contributed by atoms with Gasteiger partial charge < -0.3 is 20.3 Å². The minimum Gasteiger partial charge on any atom is -0.497 e. The molecule has 4 rings (SSSR count). The summed E-state index contributed by atoms with van der Waals surface area (Å²) in [5.74, 6) is 0.806. The van der Waals surface area contributed by atoms with Gasteiger partial charge in [0.15, 0.2) is 0 Å². The first kappa shape index (κ1) is 25.0. The fraction of sp³-hybridized carbons (Fsp3) is 0.143. The number of hydrogen-bond donors (Lipinski definition) is 2. The summed E-state index contributed by atoms with van der Waals surface area (Å²) in [7, 11) is 1.60. The van der Waals surface area contributed by atoms with Crippen LogP contribution in [0.15, 0.2) is 84.9 Å². The summed E-state index contributed by atoms with van der Waals surface area (Å²) in [5, 5.41) is 19.3. The third kappa shape index (κ3) is 6.13. The van der Waals surface area contributed by atoms with E-state index in [1.54, 1.807) is 49.0 Å². The molecule has 0 aliphatic heterocycles. The highest BCUT2D eigenvalue weighted by molar-refractivity contribution is 5.97. The normalized spacial score (nSPS) is 10.3. The number of benzene rings is 3. The number of amides is 3. The van der Waals surface area contributed by atoms with Crippen LogP contribution in [0.4, 0.5) is 16.3 Å². The molecule has 0 aliphatic rings. The summed E-state index contributed by atoms with van der Waals surface area (Å²) >= 11 is 0. The van der Waals surface area contributed by atoms with Crippen LogP contribution in [0.1, 0.15) is 12.5 Å². The molecule has 0 bridgehead atoms. The van der Waals surface area contributed by atoms with Gasteiger partial charge in [-0.15, -0.1) is 0 Å². The van der Waals surface area contributed by atoms with Gasteiger partial charge >= 0.3 is 6.03 Å². The van der Waals surface area contributed by atoms with E-state index in [4.69, 9.17) is 15.1 Å². The van der Waals surface area contributed by atoms with Crippen molar-refractivity contribution in [3.63, 3.8) is 0 Å². The Morgan fingerprint density at radius 2 is 1.70 bits per heavy atom. The number of anilines is 2. The van der Waals surface area contributed by atoms with E-state index in [1.807, 2.05) is 60.7 Å². The second kappa shape index (κ2) is 11.6. The molecule has 9 nitrogen and oxygen atoms in total. The molecule has 0 atom stereocenters. The van der Waals surface area contributed by atoms with Crippen molar-refractivity contribution in [2.24, 2.45) is 0 Å². The number of hydrogen-bond acceptors (Lipinski definition) is 5. The van der Waals surface area contributed by atoms with Crippen LogP contribution < -0.4 is 15.4 Å². The molecule has 0 saturated carbocycles. The van der Waals surface area contributed by atoms with Gasteiger partial charge in [-0.3, -0.25) is 4.79 Å². The number of nitriles is 1. The lowest BCUT2D eigenvalue weighted by atomic mass is 10.1. The molecule has 3 aromatic carbocycles. The number of rotatable bonds is 8. The molecule has 9 heteroatoms. The van der Waals surface area contributed by atoms with E-state index in [2.05, 4.69) is 10.6 Å². The maximum Gasteiger partial charge on any atom is 0.322 e. The Balaban J connectivity index is 1.52. The summed E-state index contributed by atoms with van der Waals surface area (Å²) in [4.78, 5) is 27.2. The lowest BCUT2D eigenvalue weighted by Gasteiger charge is -2.21. The second-order valence-electron chi connectivity index (χ2n) is 8.07. The number of ether oxygens (including phenoxy) is 1. The lowest BCUT2D eigenvalue weighted by molar-refractivity contribution is -0.116. The van der Waals surface area contributed by atoms with Crippen LogP contribution in [0, 0.1) is 11.3 Å². The van der Waals surface area contributed by atoms with Gasteiger partial charge in [0, 0.05) is 23.9 Å². The van der Waals surface area contributed by atoms with Gasteiger partial charge in [0.1, 0.15) is 18.1 Å². The topological polar surface area (TPSA) is 112 Å². The maximum absolute atomic E-state index is 13.0. The van der Waals surface area contributed by atoms with E-state index in [0.717, 1.165) is 11.3 Å². The summed E-state index contributed by atoms with van der Waals surface area (Å²) in [6, 6.07) is 26.9. The molecule has 2 N–H and O–H groups in total. The van der Waals surface area contributed by atoms with Gasteiger partial charge in [-0.05, 0) is 55.5 Å². The van der Waals surface area contributed by atoms with Gasteiger partial charge in [-0.2, -0.15) is 10.4 Å². The summed E-state index contributed by atoms with van der Waals surface area (Å²) in [5.41, 5.74) is 3.37. The van der Waals surface area contributed by atoms with Crippen LogP contribution in [0.3, 0.4) is 0 Å². The molecule has 1 aromatic heterocycles. The zero-order valence-corrected chi connectivity index (χ0v) is 20.5. The average Bonchev–Trinajstić information content (AvgIpc) is 3.36. The Bertz CT molecular complexity index is 1410. The minimum atomic E-state index is -0.420. The van der Waals surface area contributed by atoms with E-state index in [-0.39, 0.29) is 12.5 Å². The van der Waals surface area contributed by atoms with E-state index in [1.165, 1.54) is 4.90 Å². The van der Waals surface area contributed by atoms with Crippen molar-refractivity contribution in [2.75, 3.05) is 30.8 Å². The van der Waals surface area contributed by atoms with Crippen molar-refractivity contribution in [2.45, 2.75) is 6.92 Å². The van der Waals surface area contributed by atoms with Crippen molar-refractivity contribution < 1.29 is 14.3 Å². The fourth-order valence-corrected chi connectivity index (χ4v) is 3.65. The first-order chi connectivity index (χ1) is 18.0. The third-order valence-corrected chi connectivity index (χ3v) is 5.63. The van der Waals surface area contributed by atoms with E-state index in [9.17, 15) is 9.59 Å². The fourth-order valence-electron chi connectivity index (χ4n) is 3.65. The van der Waals surface area contributed by atoms with Crippen LogP contribution in [-0.4, -0.2) is 46.8 Å². The molecular formula is C28H26N6O3. The number of nitrogens with one attached hydrogen (secondary N) is 2. The van der Waals surface area contributed by atoms with Gasteiger partial charge in [0.25, 0.3) is 0 Å². The van der Waals surface area contributed by atoms with Gasteiger partial charge in [0.2, 0.25) is 5.91 Å². The van der Waals surface area contributed by atoms with Crippen molar-refractivity contribution in [3.05, 3.63) is 90.5 Å². The second-order valence-corrected chi connectivity index (χ2v) is 8.07. The molecule has 4 aromatic rings. The van der Waals surface area contributed by atoms with Crippen LogP contribution >= 0.6 is 0 Å². The van der Waals surface area contributed by atoms with Gasteiger partial charge in [-0.25, -0.2) is 9.48 Å². The number of carbonyl (C=O) groups is 2. The Morgan fingerprint density at radius 1 is 1.00 bits per heavy atom. The number of likely N-dealkylation sites (N-methyl/N-ethyl adjacent to an activating group) is 1. The highest BCUT2D eigenvalue weighted by atomic mass is 16.5. The van der Waals surface area contributed by atoms with Crippen molar-refractivity contribution in [1.82, 2.24) is 14.7 Å². The van der Waals surface area contributed by atoms with Crippen LogP contribution in [-0.2, 0) is 4.79 Å². The Labute approximate surface area is 214 Å². The minimum absolute atomic E-state index is 0.160. The molecule has 0 saturated heterocycles. The smallest absolute Gasteiger partial charge is 0.322 e. The molecule has 0 aliphatic carbocycles. The highest BCUT2D eigenvalue weighted by Crippen LogP contribution is 2.26. The number of nitrogens with zero attached hydrogens (tertiary/aromatic N) is 4. The SMILES string of the molecule is CCN(CC(=O)Nc1cc(-c2ccccc2)nn1-c1ccc(OC)cc1)C(=O)Nc1ccc(C#N)cc1. The predicted octanol–water partition coefficient (Wildman–Crippen LogP) is 4.91. The Hall–Kier alpha value is -5.10. The van der Waals surface area contributed by atoms with Crippen LogP contribution in [0.25, 0.3) is 16.9 Å². The Kier molecular flexibility index (Phi) is 7.81. The van der Waals surface area contributed by atoms with Crippen LogP contribution in [0.2, 0.25) is 0 Å². The predicted molar refractivity (Wildman–Crippen MR) is 142 cm³/mol. The average molecular weight is 495 g/mol. The van der Waals surface area contributed by atoms with Gasteiger partial charge in [0.05, 0.1) is 30.1 Å². The first-order valence-electron chi connectivity index (χ1n) is 11.7. The number of carbonyl (C=O) groups excluding carboxylic acids is 2. The molecular weight excluding hydrogens is 468 g/mol. The van der Waals surface area contributed by atoms with Crippen molar-refractivity contribution >= 4 is 23.4 Å². The standard InChI is InChI=1S/C28H26N6O3/c1-3-33(28(36)30-22-11-9-20(18-29)10-12-22)19-27(35)31-26-17-25(21-7-5-4-6-8-21)32-34(26)23-13-15-24(37-2)16-14-23/h4-17H,3,19H2,1-2H3,(H,30,36)(H,31,35). The maximum atomic E-state index is 13.0. The number of aromatic nitrogens is 2. The lowest BCUT2D eigenvalue weighted by Crippen LogP contribution is -2.40. The molecule has 0 fully saturated rings. The molecule has 0 unspecified atom stereocenters. The monoisotopic (exact) mass is 494 g/mol. The molecule has 37 heavy (non-hydrogen) atoms. The molecule has 0 spiro atoms. The zero-order valence-electron chi connectivity index (χ0n) is 20.5. The number of urea groups is 1. The summed E-state index contributed by atoms with van der Waals surface area (Å²) in [6.07, 6.45) is 0. The largest absolute Gasteiger partial charge is 0.497 e. The molecule has 1 heterocycles. The van der Waals surface area contributed by atoms with E-state index >= 15 is 0 Å². The number of methoxy groups -OCH3 is 1. The van der Waals surface area contributed by atoms with Crippen molar-refractivity contribution in [3.8, 4) is 28.8 Å². The summed E-state index contributed by atoms with van der Waals surface area (Å²) < 4.78 is 6.90. The zero-order chi connectivity index (χ0) is 26.2. The quantitative estimate of drug-likeness (QED) is 0.361. The molecule has 3 amide bonds. The molecule has 186 valence electrons. The third-order valence-electron chi connectivity index (χ3n) is 5.63. The van der Waals surface area contributed by atoms with E-state index in [0.29, 0.717) is 35.1 Å².